The summed E-state index contributed by atoms with van der Waals surface area (Å²) >= 11 is 0. The van der Waals surface area contributed by atoms with Crippen molar-refractivity contribution in [1.29, 1.82) is 0 Å². The van der Waals surface area contributed by atoms with Crippen LogP contribution in [0.1, 0.15) is 24.2 Å². The maximum Gasteiger partial charge on any atom is 0.281 e. The fourth-order valence-corrected chi connectivity index (χ4v) is 4.12. The van der Waals surface area contributed by atoms with E-state index < -0.39 is 0 Å². The Morgan fingerprint density at radius 3 is 3.07 bits per heavy atom. The first-order valence-electron chi connectivity index (χ1n) is 10.0. The van der Waals surface area contributed by atoms with Crippen LogP contribution in [-0.2, 0) is 17.8 Å². The average molecular weight is 410 g/mol. The molecular formula is C20H22N6O4. The number of benzene rings is 1. The lowest BCUT2D eigenvalue weighted by Crippen LogP contribution is -2.42. The largest absolute Gasteiger partial charge is 0.454 e. The molecule has 0 spiro atoms. The molecule has 2 aliphatic rings. The number of aromatic amines is 1. The van der Waals surface area contributed by atoms with E-state index >= 15 is 0 Å². The molecule has 0 radical (unpaired) electrons. The Labute approximate surface area is 171 Å². The lowest BCUT2D eigenvalue weighted by molar-refractivity contribution is -0.132. The predicted octanol–water partition coefficient (Wildman–Crippen LogP) is 1.03. The Bertz CT molecular complexity index is 1170. The highest BCUT2D eigenvalue weighted by atomic mass is 16.7. The highest BCUT2D eigenvalue weighted by Crippen LogP contribution is 2.32. The first-order chi connectivity index (χ1) is 14.6. The third-order valence-corrected chi connectivity index (χ3v) is 5.59. The Balaban J connectivity index is 1.27. The van der Waals surface area contributed by atoms with Crippen molar-refractivity contribution in [2.45, 2.75) is 32.7 Å². The molecule has 0 unspecified atom stereocenters. The summed E-state index contributed by atoms with van der Waals surface area (Å²) in [7, 11) is 0. The first-order valence-corrected chi connectivity index (χ1v) is 10.0. The van der Waals surface area contributed by atoms with Crippen molar-refractivity contribution in [1.82, 2.24) is 29.9 Å². The summed E-state index contributed by atoms with van der Waals surface area (Å²) in [6, 6.07) is 5.62. The molecule has 30 heavy (non-hydrogen) atoms. The quantitative estimate of drug-likeness (QED) is 0.683. The summed E-state index contributed by atoms with van der Waals surface area (Å²) in [6.07, 6.45) is 2.24. The fourth-order valence-electron chi connectivity index (χ4n) is 4.12. The molecule has 2 aromatic heterocycles. The van der Waals surface area contributed by atoms with Crippen molar-refractivity contribution in [2.75, 3.05) is 19.9 Å². The number of hydrogen-bond acceptors (Lipinski definition) is 7. The molecule has 3 aromatic rings. The van der Waals surface area contributed by atoms with Crippen molar-refractivity contribution in [3.8, 4) is 11.5 Å². The molecule has 4 heterocycles. The van der Waals surface area contributed by atoms with Gasteiger partial charge in [-0.3, -0.25) is 9.59 Å². The zero-order valence-corrected chi connectivity index (χ0v) is 16.6. The second-order valence-electron chi connectivity index (χ2n) is 7.81. The summed E-state index contributed by atoms with van der Waals surface area (Å²) in [4.78, 5) is 33.8. The van der Waals surface area contributed by atoms with Crippen LogP contribution in [0.4, 0.5) is 0 Å². The molecule has 10 nitrogen and oxygen atoms in total. The lowest BCUT2D eigenvalue weighted by atomic mass is 9.97. The molecule has 5 rings (SSSR count). The Morgan fingerprint density at radius 2 is 2.17 bits per heavy atom. The van der Waals surface area contributed by atoms with E-state index in [2.05, 4.69) is 20.3 Å². The van der Waals surface area contributed by atoms with Gasteiger partial charge in [-0.25, -0.2) is 9.67 Å². The zero-order valence-electron chi connectivity index (χ0n) is 16.6. The minimum Gasteiger partial charge on any atom is -0.454 e. The number of piperidine rings is 1. The Kier molecular flexibility index (Phi) is 4.61. The normalized spacial score (nSPS) is 18.2. The number of carbonyl (C=O) groups excluding carboxylic acids is 1. The number of aromatic nitrogens is 5. The number of carbonyl (C=O) groups is 1. The van der Waals surface area contributed by atoms with E-state index in [0.717, 1.165) is 24.9 Å². The third-order valence-electron chi connectivity index (χ3n) is 5.59. The molecule has 2 aliphatic heterocycles. The van der Waals surface area contributed by atoms with Crippen molar-refractivity contribution >= 4 is 17.1 Å². The van der Waals surface area contributed by atoms with E-state index in [1.165, 1.54) is 0 Å². The van der Waals surface area contributed by atoms with Crippen LogP contribution < -0.4 is 15.0 Å². The number of likely N-dealkylation sites (tertiary alicyclic amines) is 1. The van der Waals surface area contributed by atoms with Crippen LogP contribution >= 0.6 is 0 Å². The second-order valence-corrected chi connectivity index (χ2v) is 7.81. The van der Waals surface area contributed by atoms with Crippen LogP contribution in [0.25, 0.3) is 11.2 Å². The molecule has 1 fully saturated rings. The summed E-state index contributed by atoms with van der Waals surface area (Å²) in [5.41, 5.74) is 1.35. The predicted molar refractivity (Wildman–Crippen MR) is 106 cm³/mol. The van der Waals surface area contributed by atoms with Gasteiger partial charge in [-0.15, -0.1) is 5.10 Å². The van der Waals surface area contributed by atoms with Gasteiger partial charge in [-0.2, -0.15) is 0 Å². The highest BCUT2D eigenvalue weighted by molar-refractivity contribution is 5.79. The molecule has 1 N–H and O–H groups in total. The molecule has 1 atom stereocenters. The van der Waals surface area contributed by atoms with Gasteiger partial charge in [-0.1, -0.05) is 11.3 Å². The zero-order chi connectivity index (χ0) is 20.7. The summed E-state index contributed by atoms with van der Waals surface area (Å²) in [6.45, 7) is 3.91. The number of hydrogen-bond donors (Lipinski definition) is 1. The van der Waals surface area contributed by atoms with Crippen LogP contribution in [0, 0.1) is 12.8 Å². The van der Waals surface area contributed by atoms with Gasteiger partial charge in [0.15, 0.2) is 22.7 Å². The van der Waals surface area contributed by atoms with E-state index in [4.69, 9.17) is 9.47 Å². The van der Waals surface area contributed by atoms with Gasteiger partial charge in [0.05, 0.1) is 6.42 Å². The summed E-state index contributed by atoms with van der Waals surface area (Å²) in [5.74, 6) is 2.25. The molecular weight excluding hydrogens is 388 g/mol. The number of aryl methyl sites for hydroxylation is 1. The van der Waals surface area contributed by atoms with Gasteiger partial charge in [0.25, 0.3) is 5.56 Å². The lowest BCUT2D eigenvalue weighted by Gasteiger charge is -2.32. The number of amides is 1. The van der Waals surface area contributed by atoms with Crippen LogP contribution in [0.5, 0.6) is 11.5 Å². The third kappa shape index (κ3) is 3.49. The standard InChI is InChI=1S/C20H22N6O4/c1-12-21-19-18(20(28)22-12)23-24-26(19)10-14-3-2-6-25(9-14)17(27)8-13-4-5-15-16(7-13)30-11-29-15/h4-5,7,14H,2-3,6,8-11H2,1H3,(H,21,22,28)/t14-/m1/s1. The molecule has 156 valence electrons. The maximum absolute atomic E-state index is 12.9. The maximum atomic E-state index is 12.9. The van der Waals surface area contributed by atoms with E-state index in [0.29, 0.717) is 42.5 Å². The van der Waals surface area contributed by atoms with Crippen LogP contribution in [-0.4, -0.2) is 55.7 Å². The fraction of sp³-hybridized carbons (Fsp3) is 0.450. The number of nitrogens with zero attached hydrogens (tertiary/aromatic N) is 5. The molecule has 1 aromatic carbocycles. The van der Waals surface area contributed by atoms with Crippen molar-refractivity contribution < 1.29 is 14.3 Å². The molecule has 0 bridgehead atoms. The van der Waals surface area contributed by atoms with E-state index in [9.17, 15) is 9.59 Å². The molecule has 0 saturated carbocycles. The number of fused-ring (bicyclic) bond motifs is 2. The average Bonchev–Trinajstić information content (AvgIpc) is 3.35. The van der Waals surface area contributed by atoms with Crippen LogP contribution in [0.2, 0.25) is 0 Å². The molecule has 10 heteroatoms. The molecule has 1 amide bonds. The number of rotatable bonds is 4. The highest BCUT2D eigenvalue weighted by Gasteiger charge is 2.26. The summed E-state index contributed by atoms with van der Waals surface area (Å²) < 4.78 is 12.4. The van der Waals surface area contributed by atoms with Gasteiger partial charge >= 0.3 is 0 Å². The smallest absolute Gasteiger partial charge is 0.281 e. The minimum absolute atomic E-state index is 0.0902. The number of H-pyrrole nitrogens is 1. The summed E-state index contributed by atoms with van der Waals surface area (Å²) in [5, 5.41) is 8.08. The Hall–Kier alpha value is -3.43. The van der Waals surface area contributed by atoms with Crippen molar-refractivity contribution in [2.24, 2.45) is 5.92 Å². The number of nitrogens with one attached hydrogen (secondary N) is 1. The van der Waals surface area contributed by atoms with Crippen molar-refractivity contribution in [3.63, 3.8) is 0 Å². The van der Waals surface area contributed by atoms with Gasteiger partial charge in [-0.05, 0) is 43.4 Å². The van der Waals surface area contributed by atoms with E-state index in [1.807, 2.05) is 23.1 Å². The topological polar surface area (TPSA) is 115 Å². The molecule has 1 saturated heterocycles. The SMILES string of the molecule is Cc1nc2c(nnn2C[C@@H]2CCCN(C(=O)Cc3ccc4c(c3)OCO4)C2)c(=O)[nH]1. The Morgan fingerprint density at radius 1 is 1.30 bits per heavy atom. The van der Waals surface area contributed by atoms with E-state index in [-0.39, 0.29) is 29.7 Å². The van der Waals surface area contributed by atoms with Crippen LogP contribution in [0.3, 0.4) is 0 Å². The van der Waals surface area contributed by atoms with Crippen molar-refractivity contribution in [3.05, 3.63) is 39.9 Å². The van der Waals surface area contributed by atoms with Crippen LogP contribution in [0.15, 0.2) is 23.0 Å². The van der Waals surface area contributed by atoms with Gasteiger partial charge in [0, 0.05) is 19.6 Å². The van der Waals surface area contributed by atoms with E-state index in [1.54, 1.807) is 11.6 Å². The van der Waals surface area contributed by atoms with Gasteiger partial charge < -0.3 is 19.4 Å². The monoisotopic (exact) mass is 410 g/mol. The van der Waals surface area contributed by atoms with Gasteiger partial charge in [0.2, 0.25) is 12.7 Å². The molecule has 0 aliphatic carbocycles. The second kappa shape index (κ2) is 7.43. The number of ether oxygens (including phenoxy) is 2. The van der Waals surface area contributed by atoms with Gasteiger partial charge in [0.1, 0.15) is 5.82 Å². The first kappa shape index (κ1) is 18.6. The minimum atomic E-state index is -0.284.